The van der Waals surface area contributed by atoms with E-state index in [1.807, 2.05) is 36.4 Å². The van der Waals surface area contributed by atoms with Gasteiger partial charge in [0.15, 0.2) is 5.82 Å². The van der Waals surface area contributed by atoms with Gasteiger partial charge in [0.1, 0.15) is 23.6 Å². The Labute approximate surface area is 144 Å². The summed E-state index contributed by atoms with van der Waals surface area (Å²) < 4.78 is 0. The van der Waals surface area contributed by atoms with Crippen LogP contribution in [-0.2, 0) is 0 Å². The van der Waals surface area contributed by atoms with Crippen LogP contribution in [0.2, 0.25) is 0 Å². The first-order chi connectivity index (χ1) is 12.1. The molecule has 1 atom stereocenters. The van der Waals surface area contributed by atoms with Crippen molar-refractivity contribution in [1.82, 2.24) is 25.5 Å². The minimum Gasteiger partial charge on any atom is -0.337 e. The molecule has 0 spiro atoms. The lowest BCUT2D eigenvalue weighted by atomic mass is 10.1. The molecular formula is C18H16N6O. The molecule has 3 aromatic rings. The first kappa shape index (κ1) is 16.3. The van der Waals surface area contributed by atoms with Gasteiger partial charge in [-0.15, -0.1) is 0 Å². The molecule has 0 fully saturated rings. The van der Waals surface area contributed by atoms with E-state index < -0.39 is 6.04 Å². The molecule has 0 saturated carbocycles. The highest BCUT2D eigenvalue weighted by Crippen LogP contribution is 2.19. The minimum absolute atomic E-state index is 0.240. The predicted molar refractivity (Wildman–Crippen MR) is 90.6 cm³/mol. The number of aromatic nitrogens is 4. The van der Waals surface area contributed by atoms with Crippen LogP contribution < -0.4 is 5.32 Å². The molecule has 25 heavy (non-hydrogen) atoms. The van der Waals surface area contributed by atoms with Crippen molar-refractivity contribution >= 4 is 5.91 Å². The number of aryl methyl sites for hydroxylation is 2. The lowest BCUT2D eigenvalue weighted by Crippen LogP contribution is -2.31. The summed E-state index contributed by atoms with van der Waals surface area (Å²) in [5.74, 6) is 0.781. The molecule has 3 rings (SSSR count). The van der Waals surface area contributed by atoms with Gasteiger partial charge in [0, 0.05) is 0 Å². The molecule has 0 unspecified atom stereocenters. The van der Waals surface area contributed by atoms with Gasteiger partial charge >= 0.3 is 0 Å². The monoisotopic (exact) mass is 332 g/mol. The summed E-state index contributed by atoms with van der Waals surface area (Å²) >= 11 is 0. The summed E-state index contributed by atoms with van der Waals surface area (Å²) in [5.41, 5.74) is 2.06. The molecule has 2 heterocycles. The molecule has 1 amide bonds. The Balaban J connectivity index is 1.91. The van der Waals surface area contributed by atoms with E-state index in [0.29, 0.717) is 22.9 Å². The predicted octanol–water partition coefficient (Wildman–Crippen LogP) is 2.21. The topological polar surface area (TPSA) is 107 Å². The second-order valence-electron chi connectivity index (χ2n) is 5.54. The van der Waals surface area contributed by atoms with E-state index in [2.05, 4.69) is 25.5 Å². The molecule has 0 aliphatic carbocycles. The van der Waals surface area contributed by atoms with E-state index in [9.17, 15) is 4.79 Å². The van der Waals surface area contributed by atoms with Crippen LogP contribution in [0.15, 0.2) is 42.5 Å². The summed E-state index contributed by atoms with van der Waals surface area (Å²) in [6.45, 7) is 3.49. The Morgan fingerprint density at radius 3 is 2.52 bits per heavy atom. The fourth-order valence-electron chi connectivity index (χ4n) is 2.44. The van der Waals surface area contributed by atoms with Crippen molar-refractivity contribution in [3.63, 3.8) is 0 Å². The summed E-state index contributed by atoms with van der Waals surface area (Å²) in [6, 6.07) is 14.1. The van der Waals surface area contributed by atoms with Crippen molar-refractivity contribution in [3.8, 4) is 6.07 Å². The highest BCUT2D eigenvalue weighted by atomic mass is 16.1. The third-order valence-electron chi connectivity index (χ3n) is 3.72. The summed E-state index contributed by atoms with van der Waals surface area (Å²) in [5, 5.41) is 18.9. The van der Waals surface area contributed by atoms with Gasteiger partial charge in [-0.2, -0.15) is 10.4 Å². The Bertz CT molecular complexity index is 942. The second-order valence-corrected chi connectivity index (χ2v) is 5.54. The molecule has 0 aliphatic heterocycles. The number of nitrogens with zero attached hydrogens (tertiary/aromatic N) is 4. The van der Waals surface area contributed by atoms with Crippen LogP contribution in [0.1, 0.15) is 45.0 Å². The molecular weight excluding hydrogens is 316 g/mol. The van der Waals surface area contributed by atoms with Crippen LogP contribution in [0.4, 0.5) is 0 Å². The third-order valence-corrected chi connectivity index (χ3v) is 3.72. The molecule has 124 valence electrons. The fraction of sp³-hybridized carbons (Fsp3) is 0.167. The zero-order valence-electron chi connectivity index (χ0n) is 13.8. The van der Waals surface area contributed by atoms with E-state index >= 15 is 0 Å². The van der Waals surface area contributed by atoms with Crippen molar-refractivity contribution in [1.29, 1.82) is 5.26 Å². The van der Waals surface area contributed by atoms with Crippen LogP contribution in [-0.4, -0.2) is 26.1 Å². The quantitative estimate of drug-likeness (QED) is 0.761. The Morgan fingerprint density at radius 1 is 1.16 bits per heavy atom. The summed E-state index contributed by atoms with van der Waals surface area (Å²) in [7, 11) is 0. The molecule has 2 N–H and O–H groups in total. The zero-order chi connectivity index (χ0) is 17.8. The number of nitriles is 1. The molecule has 0 radical (unpaired) electrons. The highest BCUT2D eigenvalue weighted by Gasteiger charge is 2.22. The number of benzene rings is 1. The minimum atomic E-state index is -0.503. The lowest BCUT2D eigenvalue weighted by Gasteiger charge is -2.16. The summed E-state index contributed by atoms with van der Waals surface area (Å²) in [6.07, 6.45) is 0. The molecule has 1 aromatic carbocycles. The maximum atomic E-state index is 12.6. The number of nitrogens with one attached hydrogen (secondary N) is 2. The maximum absolute atomic E-state index is 12.6. The molecule has 7 heteroatoms. The van der Waals surface area contributed by atoms with Gasteiger partial charge in [-0.05, 0) is 31.5 Å². The number of carbonyl (C=O) groups is 1. The zero-order valence-corrected chi connectivity index (χ0v) is 13.8. The van der Waals surface area contributed by atoms with Gasteiger partial charge in [-0.3, -0.25) is 9.89 Å². The van der Waals surface area contributed by atoms with Gasteiger partial charge in [-0.25, -0.2) is 9.97 Å². The number of amides is 1. The summed E-state index contributed by atoms with van der Waals surface area (Å²) in [4.78, 5) is 21.2. The number of pyridine rings is 1. The molecule has 0 aliphatic rings. The average Bonchev–Trinajstić information content (AvgIpc) is 3.06. The normalized spacial score (nSPS) is 11.6. The average molecular weight is 332 g/mol. The first-order valence-corrected chi connectivity index (χ1v) is 7.71. The van der Waals surface area contributed by atoms with Crippen molar-refractivity contribution < 1.29 is 4.79 Å². The number of hydrogen-bond donors (Lipinski definition) is 2. The van der Waals surface area contributed by atoms with Crippen LogP contribution in [0.3, 0.4) is 0 Å². The van der Waals surface area contributed by atoms with Gasteiger partial charge in [0.05, 0.1) is 11.3 Å². The maximum Gasteiger partial charge on any atom is 0.270 e. The first-order valence-electron chi connectivity index (χ1n) is 7.71. The largest absolute Gasteiger partial charge is 0.337 e. The molecule has 0 saturated heterocycles. The standard InChI is InChI=1S/C18H16N6O/c1-11-14(10-19)8-9-15(20-11)18(25)22-16(13-6-4-3-5-7-13)17-21-12(2)23-24-17/h3-9,16H,1-2H3,(H,22,25)(H,21,23,24)/t16-/m1/s1. The number of hydrogen-bond acceptors (Lipinski definition) is 5. The highest BCUT2D eigenvalue weighted by molar-refractivity contribution is 5.92. The van der Waals surface area contributed by atoms with E-state index in [1.54, 1.807) is 19.9 Å². The van der Waals surface area contributed by atoms with Crippen molar-refractivity contribution in [2.45, 2.75) is 19.9 Å². The van der Waals surface area contributed by atoms with E-state index in [4.69, 9.17) is 5.26 Å². The fourth-order valence-corrected chi connectivity index (χ4v) is 2.44. The van der Waals surface area contributed by atoms with Crippen LogP contribution in [0.25, 0.3) is 0 Å². The van der Waals surface area contributed by atoms with Gasteiger partial charge < -0.3 is 5.32 Å². The van der Waals surface area contributed by atoms with Crippen LogP contribution in [0, 0.1) is 25.2 Å². The Hall–Kier alpha value is -3.53. The van der Waals surface area contributed by atoms with E-state index in [0.717, 1.165) is 5.56 Å². The van der Waals surface area contributed by atoms with Gasteiger partial charge in [0.25, 0.3) is 5.91 Å². The van der Waals surface area contributed by atoms with Gasteiger partial charge in [-0.1, -0.05) is 30.3 Å². The van der Waals surface area contributed by atoms with Crippen LogP contribution >= 0.6 is 0 Å². The SMILES string of the molecule is Cc1nc([C@H](NC(=O)c2ccc(C#N)c(C)n2)c2ccccc2)n[nH]1. The Kier molecular flexibility index (Phi) is 4.53. The molecule has 2 aromatic heterocycles. The third kappa shape index (κ3) is 3.53. The molecule has 7 nitrogen and oxygen atoms in total. The number of aromatic amines is 1. The lowest BCUT2D eigenvalue weighted by molar-refractivity contribution is 0.0936. The second kappa shape index (κ2) is 6.93. The molecule has 0 bridgehead atoms. The van der Waals surface area contributed by atoms with E-state index in [-0.39, 0.29) is 11.6 Å². The Morgan fingerprint density at radius 2 is 1.92 bits per heavy atom. The van der Waals surface area contributed by atoms with Crippen LogP contribution in [0.5, 0.6) is 0 Å². The number of rotatable bonds is 4. The van der Waals surface area contributed by atoms with Crippen molar-refractivity contribution in [3.05, 3.63) is 76.6 Å². The van der Waals surface area contributed by atoms with Crippen molar-refractivity contribution in [2.24, 2.45) is 0 Å². The van der Waals surface area contributed by atoms with E-state index in [1.165, 1.54) is 6.07 Å². The van der Waals surface area contributed by atoms with Gasteiger partial charge in [0.2, 0.25) is 0 Å². The number of carbonyl (C=O) groups excluding carboxylic acids is 1. The number of H-pyrrole nitrogens is 1. The smallest absolute Gasteiger partial charge is 0.270 e. The van der Waals surface area contributed by atoms with Crippen molar-refractivity contribution in [2.75, 3.05) is 0 Å².